The maximum atomic E-state index is 12.1. The van der Waals surface area contributed by atoms with Crippen LogP contribution in [0.1, 0.15) is 43.7 Å². The number of hydrogen-bond donors (Lipinski definition) is 1. The van der Waals surface area contributed by atoms with Crippen LogP contribution in [0.15, 0.2) is 79.1 Å². The van der Waals surface area contributed by atoms with Crippen LogP contribution >= 0.6 is 0 Å². The molecule has 5 nitrogen and oxygen atoms in total. The lowest BCUT2D eigenvalue weighted by molar-refractivity contribution is -0.118. The first-order valence-electron chi connectivity index (χ1n) is 12.2. The molecule has 1 aliphatic heterocycles. The van der Waals surface area contributed by atoms with Gasteiger partial charge in [0, 0.05) is 35.9 Å². The minimum absolute atomic E-state index is 0.0180. The fraction of sp³-hybridized carbons (Fsp3) is 0.310. The Kier molecular flexibility index (Phi) is 6.45. The van der Waals surface area contributed by atoms with Gasteiger partial charge in [-0.05, 0) is 73.3 Å². The zero-order valence-corrected chi connectivity index (χ0v) is 19.9. The van der Waals surface area contributed by atoms with Gasteiger partial charge in [0.2, 0.25) is 5.91 Å². The molecule has 5 heteroatoms. The van der Waals surface area contributed by atoms with E-state index in [1.807, 2.05) is 38.2 Å². The number of rotatable bonds is 6. The van der Waals surface area contributed by atoms with Gasteiger partial charge in [-0.2, -0.15) is 0 Å². The maximum Gasteiger partial charge on any atom is 0.226 e. The number of nitrogens with zero attached hydrogens (tertiary/aromatic N) is 3. The Morgan fingerprint density at radius 3 is 2.59 bits per heavy atom. The summed E-state index contributed by atoms with van der Waals surface area (Å²) >= 11 is 0. The first kappa shape index (κ1) is 22.4. The van der Waals surface area contributed by atoms with Crippen molar-refractivity contribution in [2.24, 2.45) is 5.92 Å². The van der Waals surface area contributed by atoms with Crippen molar-refractivity contribution < 1.29 is 4.79 Å². The van der Waals surface area contributed by atoms with E-state index >= 15 is 0 Å². The van der Waals surface area contributed by atoms with Gasteiger partial charge >= 0.3 is 0 Å². The number of hydrogen-bond acceptors (Lipinski definition) is 3. The number of likely N-dealkylation sites (tertiary alicyclic amines) is 1. The van der Waals surface area contributed by atoms with Gasteiger partial charge in [-0.15, -0.1) is 0 Å². The summed E-state index contributed by atoms with van der Waals surface area (Å²) in [5, 5.41) is 4.33. The zero-order valence-electron chi connectivity index (χ0n) is 19.9. The van der Waals surface area contributed by atoms with Gasteiger partial charge in [0.15, 0.2) is 0 Å². The molecule has 1 aliphatic rings. The van der Waals surface area contributed by atoms with Gasteiger partial charge < -0.3 is 9.88 Å². The molecule has 4 aromatic rings. The number of benzene rings is 2. The lowest BCUT2D eigenvalue weighted by Gasteiger charge is -2.32. The fourth-order valence-electron chi connectivity index (χ4n) is 4.88. The number of fused-ring (bicyclic) bond motifs is 1. The quantitative estimate of drug-likeness (QED) is 0.390. The first-order valence-corrected chi connectivity index (χ1v) is 12.2. The summed E-state index contributed by atoms with van der Waals surface area (Å²) in [6.45, 7) is 6.91. The Hall–Kier alpha value is -3.44. The number of carbonyl (C=O) groups is 1. The number of carbonyl (C=O) groups excluding carboxylic acids is 1. The summed E-state index contributed by atoms with van der Waals surface area (Å²) in [5.74, 6) is 1.53. The Labute approximate surface area is 201 Å². The molecule has 0 spiro atoms. The van der Waals surface area contributed by atoms with Crippen LogP contribution in [0.5, 0.6) is 0 Å². The molecule has 0 aliphatic carbocycles. The highest BCUT2D eigenvalue weighted by molar-refractivity contribution is 5.92. The van der Waals surface area contributed by atoms with E-state index in [1.165, 1.54) is 22.0 Å². The van der Waals surface area contributed by atoms with Crippen molar-refractivity contribution in [3.8, 4) is 5.82 Å². The highest BCUT2D eigenvalue weighted by Gasteiger charge is 2.22. The number of amides is 1. The molecule has 1 amide bonds. The third-order valence-electron chi connectivity index (χ3n) is 6.82. The summed E-state index contributed by atoms with van der Waals surface area (Å²) < 4.78 is 2.20. The van der Waals surface area contributed by atoms with Gasteiger partial charge in [-0.25, -0.2) is 4.98 Å². The van der Waals surface area contributed by atoms with Gasteiger partial charge in [-0.3, -0.25) is 9.69 Å². The number of nitrogens with one attached hydrogen (secondary N) is 1. The van der Waals surface area contributed by atoms with Crippen molar-refractivity contribution in [2.75, 3.05) is 18.4 Å². The second-order valence-electron chi connectivity index (χ2n) is 9.55. The van der Waals surface area contributed by atoms with E-state index in [-0.39, 0.29) is 11.8 Å². The third kappa shape index (κ3) is 4.75. The molecule has 0 atom stereocenters. The number of aromatic nitrogens is 2. The number of pyridine rings is 1. The van der Waals surface area contributed by atoms with E-state index in [0.29, 0.717) is 5.92 Å². The Morgan fingerprint density at radius 1 is 1.03 bits per heavy atom. The molecule has 3 heterocycles. The molecule has 174 valence electrons. The highest BCUT2D eigenvalue weighted by atomic mass is 16.1. The average molecular weight is 453 g/mol. The molecule has 5 rings (SSSR count). The second-order valence-corrected chi connectivity index (χ2v) is 9.55. The van der Waals surface area contributed by atoms with Crippen LogP contribution in [0, 0.1) is 5.92 Å². The largest absolute Gasteiger partial charge is 0.326 e. The summed E-state index contributed by atoms with van der Waals surface area (Å²) in [6.07, 6.45) is 6.35. The van der Waals surface area contributed by atoms with Crippen LogP contribution < -0.4 is 5.32 Å². The van der Waals surface area contributed by atoms with Crippen LogP contribution in [-0.2, 0) is 11.3 Å². The molecule has 34 heavy (non-hydrogen) atoms. The molecule has 1 N–H and O–H groups in total. The molecular formula is C29H32N4O. The maximum absolute atomic E-state index is 12.1. The van der Waals surface area contributed by atoms with Crippen molar-refractivity contribution in [2.45, 2.75) is 39.2 Å². The Balaban J connectivity index is 1.27. The number of para-hydroxylation sites is 1. The Bertz CT molecular complexity index is 1270. The fourth-order valence-corrected chi connectivity index (χ4v) is 4.88. The normalized spacial score (nSPS) is 15.1. The second kappa shape index (κ2) is 9.82. The summed E-state index contributed by atoms with van der Waals surface area (Å²) in [5.41, 5.74) is 4.78. The van der Waals surface area contributed by atoms with Gasteiger partial charge in [-0.1, -0.05) is 50.2 Å². The van der Waals surface area contributed by atoms with Gasteiger partial charge in [0.05, 0.1) is 5.52 Å². The van der Waals surface area contributed by atoms with Crippen LogP contribution in [0.2, 0.25) is 0 Å². The lowest BCUT2D eigenvalue weighted by Crippen LogP contribution is -2.32. The molecular weight excluding hydrogens is 420 g/mol. The van der Waals surface area contributed by atoms with Crippen LogP contribution in [0.3, 0.4) is 0 Å². The number of anilines is 1. The minimum Gasteiger partial charge on any atom is -0.326 e. The molecule has 0 bridgehead atoms. The predicted octanol–water partition coefficient (Wildman–Crippen LogP) is 6.00. The molecule has 2 aromatic carbocycles. The van der Waals surface area contributed by atoms with Crippen molar-refractivity contribution in [1.29, 1.82) is 0 Å². The topological polar surface area (TPSA) is 50.2 Å². The van der Waals surface area contributed by atoms with E-state index < -0.39 is 0 Å². The van der Waals surface area contributed by atoms with E-state index in [1.54, 1.807) is 0 Å². The zero-order chi connectivity index (χ0) is 23.5. The minimum atomic E-state index is -0.0180. The van der Waals surface area contributed by atoms with Crippen LogP contribution in [0.25, 0.3) is 16.7 Å². The SMILES string of the molecule is CC(C)C(=O)Nc1cccc(C2CCN(Cc3cn(-c4ccccn4)c4ccccc34)CC2)c1. The van der Waals surface area contributed by atoms with Crippen molar-refractivity contribution in [1.82, 2.24) is 14.5 Å². The lowest BCUT2D eigenvalue weighted by atomic mass is 9.89. The monoisotopic (exact) mass is 452 g/mol. The molecule has 1 saturated heterocycles. The highest BCUT2D eigenvalue weighted by Crippen LogP contribution is 2.32. The van der Waals surface area contributed by atoms with Crippen molar-refractivity contribution in [3.63, 3.8) is 0 Å². The Morgan fingerprint density at radius 2 is 1.82 bits per heavy atom. The third-order valence-corrected chi connectivity index (χ3v) is 6.82. The van der Waals surface area contributed by atoms with E-state index in [2.05, 4.69) is 74.5 Å². The average Bonchev–Trinajstić information content (AvgIpc) is 3.23. The van der Waals surface area contributed by atoms with Crippen molar-refractivity contribution >= 4 is 22.5 Å². The van der Waals surface area contributed by atoms with Crippen LogP contribution in [0.4, 0.5) is 5.69 Å². The number of piperidine rings is 1. The molecule has 2 aromatic heterocycles. The molecule has 1 fully saturated rings. The smallest absolute Gasteiger partial charge is 0.226 e. The van der Waals surface area contributed by atoms with Crippen LogP contribution in [-0.4, -0.2) is 33.4 Å². The molecule has 0 saturated carbocycles. The summed E-state index contributed by atoms with van der Waals surface area (Å²) in [6, 6.07) is 23.0. The van der Waals surface area contributed by atoms with E-state index in [0.717, 1.165) is 44.0 Å². The summed E-state index contributed by atoms with van der Waals surface area (Å²) in [4.78, 5) is 19.2. The van der Waals surface area contributed by atoms with Gasteiger partial charge in [0.25, 0.3) is 0 Å². The van der Waals surface area contributed by atoms with E-state index in [9.17, 15) is 4.79 Å². The molecule has 0 unspecified atom stereocenters. The first-order chi connectivity index (χ1) is 16.6. The standard InChI is InChI=1S/C29H32N4O/c1-21(2)29(34)31-25-9-7-8-23(18-25)22-13-16-32(17-14-22)19-24-20-33(28-12-5-6-15-30-28)27-11-4-3-10-26(24)27/h3-12,15,18,20-22H,13-14,16-17,19H2,1-2H3,(H,31,34). The summed E-state index contributed by atoms with van der Waals surface area (Å²) in [7, 11) is 0. The van der Waals surface area contributed by atoms with Crippen molar-refractivity contribution in [3.05, 3.63) is 90.3 Å². The van der Waals surface area contributed by atoms with Gasteiger partial charge in [0.1, 0.15) is 5.82 Å². The predicted molar refractivity (Wildman–Crippen MR) is 138 cm³/mol. The van der Waals surface area contributed by atoms with E-state index in [4.69, 9.17) is 0 Å². The molecule has 0 radical (unpaired) electrons.